The molecule has 0 saturated heterocycles. The van der Waals surface area contributed by atoms with Gasteiger partial charge >= 0.3 is 6.09 Å². The summed E-state index contributed by atoms with van der Waals surface area (Å²) in [7, 11) is 1.31. The number of rotatable bonds is 16. The first-order chi connectivity index (χ1) is 12.8. The maximum Gasteiger partial charge on any atom is 0.478 e. The lowest BCUT2D eigenvalue weighted by Crippen LogP contribution is -2.31. The van der Waals surface area contributed by atoms with Gasteiger partial charge in [-0.05, 0) is 26.5 Å². The highest BCUT2D eigenvalue weighted by Crippen LogP contribution is 2.21. The average molecular weight is 439 g/mol. The number of unbranched alkanes of at least 4 members (excludes halogenated alkanes) is 9. The van der Waals surface area contributed by atoms with Crippen LogP contribution in [0.3, 0.4) is 0 Å². The molecule has 0 aliphatic rings. The lowest BCUT2D eigenvalue weighted by molar-refractivity contribution is 0.135. The van der Waals surface area contributed by atoms with Crippen LogP contribution in [0, 0.1) is 0 Å². The predicted molar refractivity (Wildman–Crippen MR) is 123 cm³/mol. The summed E-state index contributed by atoms with van der Waals surface area (Å²) in [6, 6.07) is 0. The Balaban J connectivity index is 3.71. The number of oxime groups is 1. The van der Waals surface area contributed by atoms with Crippen LogP contribution in [0.25, 0.3) is 0 Å². The number of hydrogen-bond donors (Lipinski definition) is 0. The van der Waals surface area contributed by atoms with E-state index in [-0.39, 0.29) is 4.75 Å². The molecule has 0 aliphatic heterocycles. The highest BCUT2D eigenvalue weighted by molar-refractivity contribution is 8.71. The normalized spacial score (nSPS) is 13.1. The Hall–Kier alpha value is -0.0500. The van der Waals surface area contributed by atoms with Crippen LogP contribution in [-0.2, 0) is 15.2 Å². The lowest BCUT2D eigenvalue weighted by Gasteiger charge is -2.17. The van der Waals surface area contributed by atoms with E-state index in [4.69, 9.17) is 4.84 Å². The number of nitrogens with zero attached hydrogens (tertiary/aromatic N) is 2. The monoisotopic (exact) mass is 438 g/mol. The van der Waals surface area contributed by atoms with Crippen LogP contribution < -0.4 is 0 Å². The van der Waals surface area contributed by atoms with Gasteiger partial charge in [0.2, 0.25) is 0 Å². The fourth-order valence-electron chi connectivity index (χ4n) is 2.17. The Morgan fingerprint density at radius 1 is 1.11 bits per heavy atom. The molecule has 0 rings (SSSR count). The first-order valence-electron chi connectivity index (χ1n) is 9.93. The Morgan fingerprint density at radius 3 is 2.15 bits per heavy atom. The van der Waals surface area contributed by atoms with Crippen molar-refractivity contribution in [3.05, 3.63) is 0 Å². The zero-order valence-corrected chi connectivity index (χ0v) is 20.1. The van der Waals surface area contributed by atoms with Gasteiger partial charge in [-0.25, -0.2) is 4.79 Å². The van der Waals surface area contributed by atoms with Crippen molar-refractivity contribution in [2.75, 3.05) is 19.1 Å². The minimum absolute atomic E-state index is 0.206. The van der Waals surface area contributed by atoms with Crippen LogP contribution in [0.1, 0.15) is 85.0 Å². The molecule has 160 valence electrons. The second-order valence-corrected chi connectivity index (χ2v) is 11.8. The highest BCUT2D eigenvalue weighted by Gasteiger charge is 2.25. The van der Waals surface area contributed by atoms with E-state index >= 15 is 0 Å². The number of amides is 1. The SMILES string of the molecule is CCCCCCCCCCCCS[S+]([O-])N(C)C(=O)ON=CC(C)(C)SC. The zero-order valence-electron chi connectivity index (χ0n) is 17.7. The maximum atomic E-state index is 12.1. The number of hydrogen-bond acceptors (Lipinski definition) is 6. The Labute approximate surface area is 177 Å². The van der Waals surface area contributed by atoms with Crippen molar-refractivity contribution in [2.24, 2.45) is 5.16 Å². The van der Waals surface area contributed by atoms with Gasteiger partial charge in [-0.15, -0.1) is 4.31 Å². The zero-order chi connectivity index (χ0) is 20.5. The molecule has 0 bridgehead atoms. The summed E-state index contributed by atoms with van der Waals surface area (Å²) in [5, 5.41) is 3.70. The summed E-state index contributed by atoms with van der Waals surface area (Å²) < 4.78 is 13.0. The summed E-state index contributed by atoms with van der Waals surface area (Å²) in [5.41, 5.74) is 0. The molecule has 0 N–H and O–H groups in total. The van der Waals surface area contributed by atoms with E-state index in [2.05, 4.69) is 12.1 Å². The molecular formula is C19H38N2O3S3. The largest absolute Gasteiger partial charge is 0.581 e. The topological polar surface area (TPSA) is 65.0 Å². The first-order valence-corrected chi connectivity index (χ1v) is 13.8. The van der Waals surface area contributed by atoms with Crippen LogP contribution in [0.5, 0.6) is 0 Å². The second kappa shape index (κ2) is 16.9. The molecule has 1 unspecified atom stereocenters. The van der Waals surface area contributed by atoms with Crippen molar-refractivity contribution >= 4 is 45.3 Å². The van der Waals surface area contributed by atoms with E-state index in [1.807, 2.05) is 20.1 Å². The van der Waals surface area contributed by atoms with E-state index in [0.29, 0.717) is 0 Å². The molecule has 0 saturated carbocycles. The van der Waals surface area contributed by atoms with Gasteiger partial charge in [0.05, 0.1) is 13.3 Å². The molecule has 1 amide bonds. The van der Waals surface area contributed by atoms with Gasteiger partial charge in [0.15, 0.2) is 0 Å². The molecule has 0 fully saturated rings. The van der Waals surface area contributed by atoms with E-state index in [9.17, 15) is 9.35 Å². The minimum Gasteiger partial charge on any atom is -0.581 e. The third-order valence-electron chi connectivity index (χ3n) is 4.18. The smallest absolute Gasteiger partial charge is 0.478 e. The van der Waals surface area contributed by atoms with Gasteiger partial charge in [0.25, 0.3) is 0 Å². The van der Waals surface area contributed by atoms with Crippen LogP contribution >= 0.6 is 22.6 Å². The standard InChI is InChI=1S/C19H38N2O3S3/c1-6-7-8-9-10-11-12-13-14-15-16-26-27(23)21(4)18(22)24-20-17-19(2,3)25-5/h17H,6-16H2,1-5H3. The van der Waals surface area contributed by atoms with Crippen molar-refractivity contribution in [2.45, 2.75) is 89.7 Å². The molecule has 0 aromatic heterocycles. The van der Waals surface area contributed by atoms with Gasteiger partial charge < -0.3 is 4.55 Å². The highest BCUT2D eigenvalue weighted by atomic mass is 33.1. The van der Waals surface area contributed by atoms with Gasteiger partial charge in [-0.2, -0.15) is 11.8 Å². The third kappa shape index (κ3) is 15.5. The summed E-state index contributed by atoms with van der Waals surface area (Å²) >= 11 is 1.60. The first kappa shape index (κ1) is 27.0. The molecule has 8 heteroatoms. The van der Waals surface area contributed by atoms with Gasteiger partial charge in [-0.1, -0.05) is 69.9 Å². The van der Waals surface area contributed by atoms with Crippen molar-refractivity contribution in [3.8, 4) is 0 Å². The third-order valence-corrected chi connectivity index (χ3v) is 8.37. The number of carbonyl (C=O) groups is 1. The molecule has 0 radical (unpaired) electrons. The van der Waals surface area contributed by atoms with Crippen LogP contribution in [0.2, 0.25) is 0 Å². The minimum atomic E-state index is -1.44. The average Bonchev–Trinajstić information content (AvgIpc) is 2.65. The quantitative estimate of drug-likeness (QED) is 0.0695. The van der Waals surface area contributed by atoms with E-state index in [0.717, 1.165) is 22.9 Å². The maximum absolute atomic E-state index is 12.1. The van der Waals surface area contributed by atoms with Gasteiger partial charge in [-0.3, -0.25) is 4.84 Å². The summed E-state index contributed by atoms with van der Waals surface area (Å²) in [4.78, 5) is 16.6. The van der Waals surface area contributed by atoms with Gasteiger partial charge in [0, 0.05) is 10.5 Å². The molecule has 27 heavy (non-hydrogen) atoms. The van der Waals surface area contributed by atoms with Crippen LogP contribution in [-0.4, -0.2) is 45.0 Å². The fraction of sp³-hybridized carbons (Fsp3) is 0.895. The molecule has 5 nitrogen and oxygen atoms in total. The van der Waals surface area contributed by atoms with E-state index < -0.39 is 16.5 Å². The van der Waals surface area contributed by atoms with Crippen LogP contribution in [0.15, 0.2) is 5.16 Å². The fourth-order valence-corrected chi connectivity index (χ4v) is 4.53. The summed E-state index contributed by atoms with van der Waals surface area (Å²) in [6.45, 7) is 6.19. The Morgan fingerprint density at radius 2 is 1.63 bits per heavy atom. The van der Waals surface area contributed by atoms with Crippen LogP contribution in [0.4, 0.5) is 4.79 Å². The molecule has 0 aliphatic carbocycles. The molecule has 0 aromatic rings. The van der Waals surface area contributed by atoms with Crippen molar-refractivity contribution in [3.63, 3.8) is 0 Å². The van der Waals surface area contributed by atoms with Crippen molar-refractivity contribution in [1.29, 1.82) is 0 Å². The van der Waals surface area contributed by atoms with Crippen molar-refractivity contribution < 1.29 is 14.2 Å². The van der Waals surface area contributed by atoms with Gasteiger partial charge in [0.1, 0.15) is 21.2 Å². The van der Waals surface area contributed by atoms with E-state index in [1.165, 1.54) is 69.2 Å². The molecular weight excluding hydrogens is 400 g/mol. The summed E-state index contributed by atoms with van der Waals surface area (Å²) in [5.74, 6) is 0.781. The van der Waals surface area contributed by atoms with Crippen molar-refractivity contribution in [1.82, 2.24) is 4.31 Å². The number of thioether (sulfide) groups is 1. The molecule has 1 atom stereocenters. The lowest BCUT2D eigenvalue weighted by atomic mass is 10.1. The molecule has 0 spiro atoms. The molecule has 0 heterocycles. The van der Waals surface area contributed by atoms with E-state index in [1.54, 1.807) is 18.0 Å². The number of carbonyl (C=O) groups excluding carboxylic acids is 1. The summed E-state index contributed by atoms with van der Waals surface area (Å²) in [6.07, 6.45) is 15.6. The Kier molecular flexibility index (Phi) is 16.8. The predicted octanol–water partition coefficient (Wildman–Crippen LogP) is 6.42. The second-order valence-electron chi connectivity index (χ2n) is 7.12. The Bertz CT molecular complexity index is 410. The molecule has 0 aromatic carbocycles.